The van der Waals surface area contributed by atoms with Gasteiger partial charge in [-0.15, -0.1) is 0 Å². The van der Waals surface area contributed by atoms with Gasteiger partial charge in [-0.3, -0.25) is 0 Å². The fraction of sp³-hybridized carbons (Fsp3) is 0.378. The van der Waals surface area contributed by atoms with Gasteiger partial charge in [0.1, 0.15) is 5.75 Å². The third-order valence-corrected chi connectivity index (χ3v) is 8.47. The first-order valence-electron chi connectivity index (χ1n) is 15.8. The van der Waals surface area contributed by atoms with Crippen molar-refractivity contribution >= 4 is 32.6 Å². The number of nitrogens with one attached hydrogen (secondary N) is 1. The van der Waals surface area contributed by atoms with E-state index in [2.05, 4.69) is 102 Å². The molecule has 4 heteroatoms. The quantitative estimate of drug-likeness (QED) is 0.102. The fourth-order valence-electron chi connectivity index (χ4n) is 6.27. The van der Waals surface area contributed by atoms with Crippen molar-refractivity contribution in [3.63, 3.8) is 0 Å². The van der Waals surface area contributed by atoms with E-state index in [1.807, 2.05) is 0 Å². The number of imidazole rings is 1. The van der Waals surface area contributed by atoms with Gasteiger partial charge in [-0.2, -0.15) is 0 Å². The molecule has 0 bridgehead atoms. The van der Waals surface area contributed by atoms with Gasteiger partial charge < -0.3 is 10.2 Å². The highest BCUT2D eigenvalue weighted by atomic mass is 16.5. The molecule has 5 aromatic rings. The Kier molecular flexibility index (Phi) is 8.85. The second-order valence-electron chi connectivity index (χ2n) is 11.5. The van der Waals surface area contributed by atoms with Crippen LogP contribution in [0.15, 0.2) is 84.9 Å². The molecular weight excluding hydrogens is 502 g/mol. The number of allylic oxidation sites excluding steroid dienone is 2. The summed E-state index contributed by atoms with van der Waals surface area (Å²) in [5.41, 5.74) is 7.09. The maximum Gasteiger partial charge on any atom is 0.159 e. The Balaban J connectivity index is 1.35. The third-order valence-electron chi connectivity index (χ3n) is 8.47. The van der Waals surface area contributed by atoms with Crippen molar-refractivity contribution in [2.75, 3.05) is 12.0 Å². The van der Waals surface area contributed by atoms with Crippen LogP contribution in [0.2, 0.25) is 0 Å². The summed E-state index contributed by atoms with van der Waals surface area (Å²) in [7, 11) is 0. The summed E-state index contributed by atoms with van der Waals surface area (Å²) in [5.74, 6) is 1.90. The van der Waals surface area contributed by atoms with Crippen molar-refractivity contribution in [3.05, 3.63) is 84.9 Å². The van der Waals surface area contributed by atoms with E-state index in [4.69, 9.17) is 9.72 Å². The Bertz CT molecular complexity index is 1620. The summed E-state index contributed by atoms with van der Waals surface area (Å²) in [6.45, 7) is 3.19. The summed E-state index contributed by atoms with van der Waals surface area (Å²) < 4.78 is 8.69. The van der Waals surface area contributed by atoms with E-state index in [1.54, 1.807) is 0 Å². The Hall–Kier alpha value is -3.79. The number of hydrogen-bond donors (Lipinski definition) is 1. The van der Waals surface area contributed by atoms with Gasteiger partial charge in [0.15, 0.2) is 5.82 Å². The Morgan fingerprint density at radius 3 is 2.24 bits per heavy atom. The predicted octanol–water partition coefficient (Wildman–Crippen LogP) is 10.2. The zero-order valence-corrected chi connectivity index (χ0v) is 24.4. The lowest BCUT2D eigenvalue weighted by Gasteiger charge is -2.20. The number of fused-ring (bicyclic) bond motifs is 6. The molecule has 0 fully saturated rings. The van der Waals surface area contributed by atoms with Crippen molar-refractivity contribution in [3.8, 4) is 17.1 Å². The van der Waals surface area contributed by atoms with E-state index in [0.717, 1.165) is 66.8 Å². The maximum atomic E-state index is 6.43. The molecule has 41 heavy (non-hydrogen) atoms. The van der Waals surface area contributed by atoms with Crippen LogP contribution in [-0.2, 0) is 0 Å². The minimum Gasteiger partial charge on any atom is -0.490 e. The largest absolute Gasteiger partial charge is 0.490 e. The van der Waals surface area contributed by atoms with Gasteiger partial charge in [-0.05, 0) is 73.6 Å². The number of nitrogens with zero attached hydrogens (tertiary/aromatic N) is 2. The number of rotatable bonds is 11. The summed E-state index contributed by atoms with van der Waals surface area (Å²) in [6, 6.07) is 26.0. The zero-order valence-electron chi connectivity index (χ0n) is 24.4. The minimum atomic E-state index is 0.284. The van der Waals surface area contributed by atoms with E-state index < -0.39 is 0 Å². The molecule has 0 saturated heterocycles. The molecule has 1 aromatic heterocycles. The molecule has 1 aliphatic rings. The summed E-state index contributed by atoms with van der Waals surface area (Å²) in [5, 5.41) is 4.94. The first-order valence-corrected chi connectivity index (χ1v) is 15.8. The molecule has 0 radical (unpaired) electrons. The molecule has 1 atom stereocenters. The van der Waals surface area contributed by atoms with Crippen LogP contribution >= 0.6 is 0 Å². The van der Waals surface area contributed by atoms with E-state index in [9.17, 15) is 0 Å². The van der Waals surface area contributed by atoms with E-state index in [1.165, 1.54) is 60.1 Å². The number of aromatic nitrogens is 2. The summed E-state index contributed by atoms with van der Waals surface area (Å²) in [4.78, 5) is 5.32. The van der Waals surface area contributed by atoms with Gasteiger partial charge in [0.25, 0.3) is 0 Å². The third kappa shape index (κ3) is 6.12. The van der Waals surface area contributed by atoms with Crippen LogP contribution < -0.4 is 10.2 Å². The Morgan fingerprint density at radius 2 is 1.44 bits per heavy atom. The lowest BCUT2D eigenvalue weighted by molar-refractivity contribution is 0.178. The SMILES string of the molecule is CCCCCCCCNn1c(-c2ccc(OC3CC/C=C\CCC3)cc2)nc2c3ccccc3c3ccccc3c21. The van der Waals surface area contributed by atoms with Crippen molar-refractivity contribution in [1.29, 1.82) is 0 Å². The van der Waals surface area contributed by atoms with Gasteiger partial charge in [0.2, 0.25) is 0 Å². The van der Waals surface area contributed by atoms with Gasteiger partial charge in [-0.25, -0.2) is 9.66 Å². The topological polar surface area (TPSA) is 39.1 Å². The Morgan fingerprint density at radius 1 is 0.756 bits per heavy atom. The van der Waals surface area contributed by atoms with Crippen LogP contribution in [0.5, 0.6) is 5.75 Å². The van der Waals surface area contributed by atoms with Crippen LogP contribution in [0.25, 0.3) is 44.0 Å². The molecule has 0 amide bonds. The maximum absolute atomic E-state index is 6.43. The molecule has 212 valence electrons. The normalized spacial score (nSPS) is 16.6. The lowest BCUT2D eigenvalue weighted by Crippen LogP contribution is -2.17. The number of hydrogen-bond acceptors (Lipinski definition) is 3. The molecule has 1 aliphatic carbocycles. The van der Waals surface area contributed by atoms with Crippen LogP contribution in [0, 0.1) is 0 Å². The highest BCUT2D eigenvalue weighted by molar-refractivity contribution is 6.23. The van der Waals surface area contributed by atoms with Crippen LogP contribution in [0.4, 0.5) is 0 Å². The average Bonchev–Trinajstić information content (AvgIpc) is 3.38. The van der Waals surface area contributed by atoms with E-state index in [0.29, 0.717) is 0 Å². The monoisotopic (exact) mass is 545 g/mol. The second-order valence-corrected chi connectivity index (χ2v) is 11.5. The predicted molar refractivity (Wildman–Crippen MR) is 174 cm³/mol. The number of ether oxygens (including phenoxy) is 1. The molecule has 1 unspecified atom stereocenters. The lowest BCUT2D eigenvalue weighted by atomic mass is 10.00. The highest BCUT2D eigenvalue weighted by Gasteiger charge is 2.19. The molecule has 4 aromatic carbocycles. The molecule has 0 aliphatic heterocycles. The zero-order chi connectivity index (χ0) is 27.9. The second kappa shape index (κ2) is 13.2. The first kappa shape index (κ1) is 27.4. The van der Waals surface area contributed by atoms with Crippen molar-refractivity contribution in [1.82, 2.24) is 9.66 Å². The standard InChI is InChI=1S/C37H43N3O/c1-2-3-4-5-9-16-27-38-40-36-34-22-15-13-20-32(34)31-19-12-14-21-33(31)35(36)39-37(40)28-23-25-30(26-24-28)41-29-17-10-7-6-8-11-18-29/h6-7,12-15,19-26,29,38H,2-5,8-11,16-18,27H2,1H3/b7-6-. The van der Waals surface area contributed by atoms with Crippen molar-refractivity contribution < 1.29 is 4.74 Å². The molecule has 4 nitrogen and oxygen atoms in total. The average molecular weight is 546 g/mol. The van der Waals surface area contributed by atoms with Gasteiger partial charge in [0, 0.05) is 22.9 Å². The minimum absolute atomic E-state index is 0.284. The molecule has 1 N–H and O–H groups in total. The number of unbranched alkanes of at least 4 members (excludes halogenated alkanes) is 5. The molecule has 0 saturated carbocycles. The Labute approximate surface area is 244 Å². The van der Waals surface area contributed by atoms with Crippen molar-refractivity contribution in [2.24, 2.45) is 0 Å². The van der Waals surface area contributed by atoms with E-state index >= 15 is 0 Å². The molecular formula is C37H43N3O. The van der Waals surface area contributed by atoms with E-state index in [-0.39, 0.29) is 6.10 Å². The van der Waals surface area contributed by atoms with Crippen molar-refractivity contribution in [2.45, 2.75) is 83.7 Å². The summed E-state index contributed by atoms with van der Waals surface area (Å²) in [6.07, 6.45) is 18.2. The van der Waals surface area contributed by atoms with Crippen LogP contribution in [-0.4, -0.2) is 22.3 Å². The smallest absolute Gasteiger partial charge is 0.159 e. The molecule has 1 heterocycles. The van der Waals surface area contributed by atoms with Gasteiger partial charge >= 0.3 is 0 Å². The first-order chi connectivity index (χ1) is 20.3. The highest BCUT2D eigenvalue weighted by Crippen LogP contribution is 2.37. The van der Waals surface area contributed by atoms with Gasteiger partial charge in [-0.1, -0.05) is 99.7 Å². The van der Waals surface area contributed by atoms with Gasteiger partial charge in [0.05, 0.1) is 17.1 Å². The summed E-state index contributed by atoms with van der Waals surface area (Å²) >= 11 is 0. The molecule has 6 rings (SSSR count). The fourth-order valence-corrected chi connectivity index (χ4v) is 6.27. The van der Waals surface area contributed by atoms with Crippen LogP contribution in [0.1, 0.15) is 77.6 Å². The molecule has 0 spiro atoms. The van der Waals surface area contributed by atoms with Crippen LogP contribution in [0.3, 0.4) is 0 Å². The number of benzene rings is 4.